The number of thiocarbonyl (C=S) groups is 1. The van der Waals surface area contributed by atoms with Gasteiger partial charge in [-0.2, -0.15) is 0 Å². The number of ether oxygens (including phenoxy) is 2. The lowest BCUT2D eigenvalue weighted by molar-refractivity contribution is 0.403. The first-order chi connectivity index (χ1) is 17.8. The molecule has 2 aromatic carbocycles. The average Bonchev–Trinajstić information content (AvgIpc) is 3.40. The van der Waals surface area contributed by atoms with Crippen molar-refractivity contribution < 1.29 is 14.6 Å². The lowest BCUT2D eigenvalue weighted by atomic mass is 9.96. The Kier molecular flexibility index (Phi) is 6.70. The molecule has 5 rings (SSSR count). The summed E-state index contributed by atoms with van der Waals surface area (Å²) in [7, 11) is 3.27. The van der Waals surface area contributed by atoms with Crippen LogP contribution in [0.15, 0.2) is 66.9 Å². The number of benzene rings is 2. The predicted octanol–water partition coefficient (Wildman–Crippen LogP) is 6.04. The van der Waals surface area contributed by atoms with Gasteiger partial charge in [-0.25, -0.2) is 0 Å². The van der Waals surface area contributed by atoms with Crippen LogP contribution in [0.2, 0.25) is 5.02 Å². The zero-order valence-electron chi connectivity index (χ0n) is 20.9. The number of hydrogen-bond donors (Lipinski definition) is 2. The van der Waals surface area contributed by atoms with Gasteiger partial charge in [-0.3, -0.25) is 4.98 Å². The number of aromatic hydroxyl groups is 1. The SMILES string of the molecule is COc1ccc(OC)c(N2C(=S)N[C@H](c3ccccn3)[C@H]2c2cc(C)n(-c3cc(Cl)ccc3O)c2C)c1. The molecule has 2 atom stereocenters. The van der Waals surface area contributed by atoms with Crippen LogP contribution in [0.3, 0.4) is 0 Å². The maximum absolute atomic E-state index is 10.7. The highest BCUT2D eigenvalue weighted by Crippen LogP contribution is 2.47. The van der Waals surface area contributed by atoms with Gasteiger partial charge in [0, 0.05) is 28.7 Å². The van der Waals surface area contributed by atoms with Crippen molar-refractivity contribution >= 4 is 34.6 Å². The van der Waals surface area contributed by atoms with E-state index in [1.807, 2.05) is 54.8 Å². The first-order valence-electron chi connectivity index (χ1n) is 11.7. The molecular formula is C28H27ClN4O3S. The average molecular weight is 535 g/mol. The fourth-order valence-electron chi connectivity index (χ4n) is 5.05. The number of nitrogens with zero attached hydrogens (tertiary/aromatic N) is 3. The van der Waals surface area contributed by atoms with Crippen molar-refractivity contribution in [1.29, 1.82) is 0 Å². The van der Waals surface area contributed by atoms with Crippen LogP contribution in [0.4, 0.5) is 5.69 Å². The van der Waals surface area contributed by atoms with Gasteiger partial charge in [-0.05, 0) is 80.2 Å². The van der Waals surface area contributed by atoms with Crippen LogP contribution in [-0.4, -0.2) is 34.0 Å². The molecule has 0 amide bonds. The number of phenols is 1. The van der Waals surface area contributed by atoms with Gasteiger partial charge in [0.15, 0.2) is 5.11 Å². The first kappa shape index (κ1) is 24.9. The van der Waals surface area contributed by atoms with Gasteiger partial charge >= 0.3 is 0 Å². The van der Waals surface area contributed by atoms with E-state index < -0.39 is 0 Å². The smallest absolute Gasteiger partial charge is 0.174 e. The second kappa shape index (κ2) is 9.95. The largest absolute Gasteiger partial charge is 0.506 e. The fourth-order valence-corrected chi connectivity index (χ4v) is 5.55. The summed E-state index contributed by atoms with van der Waals surface area (Å²) in [6, 6.07) is 18.1. The van der Waals surface area contributed by atoms with E-state index in [-0.39, 0.29) is 17.8 Å². The quantitative estimate of drug-likeness (QED) is 0.292. The van der Waals surface area contributed by atoms with Gasteiger partial charge in [0.2, 0.25) is 0 Å². The molecule has 37 heavy (non-hydrogen) atoms. The Bertz CT molecular complexity index is 1470. The Balaban J connectivity index is 1.73. The lowest BCUT2D eigenvalue weighted by Crippen LogP contribution is -2.30. The number of methoxy groups -OCH3 is 2. The van der Waals surface area contributed by atoms with E-state index >= 15 is 0 Å². The molecule has 0 aliphatic carbocycles. The minimum absolute atomic E-state index is 0.144. The van der Waals surface area contributed by atoms with E-state index in [0.717, 1.165) is 28.3 Å². The number of aryl methyl sites for hydroxylation is 1. The van der Waals surface area contributed by atoms with Crippen LogP contribution in [0, 0.1) is 13.8 Å². The molecule has 0 unspecified atom stereocenters. The summed E-state index contributed by atoms with van der Waals surface area (Å²) in [5.74, 6) is 1.50. The van der Waals surface area contributed by atoms with Crippen molar-refractivity contribution in [2.24, 2.45) is 0 Å². The molecule has 4 aromatic rings. The normalized spacial score (nSPS) is 17.1. The molecule has 1 fully saturated rings. The highest BCUT2D eigenvalue weighted by molar-refractivity contribution is 7.80. The van der Waals surface area contributed by atoms with Crippen LogP contribution < -0.4 is 19.7 Å². The van der Waals surface area contributed by atoms with Crippen molar-refractivity contribution in [3.8, 4) is 22.9 Å². The molecule has 190 valence electrons. The van der Waals surface area contributed by atoms with E-state index in [1.54, 1.807) is 38.6 Å². The van der Waals surface area contributed by atoms with Gasteiger partial charge < -0.3 is 29.4 Å². The fraction of sp³-hybridized carbons (Fsp3) is 0.214. The summed E-state index contributed by atoms with van der Waals surface area (Å²) in [5.41, 5.74) is 5.15. The number of aromatic nitrogens is 2. The van der Waals surface area contributed by atoms with Crippen molar-refractivity contribution in [2.75, 3.05) is 19.1 Å². The molecule has 3 heterocycles. The maximum Gasteiger partial charge on any atom is 0.174 e. The van der Waals surface area contributed by atoms with E-state index in [0.29, 0.717) is 27.3 Å². The third kappa shape index (κ3) is 4.36. The summed E-state index contributed by atoms with van der Waals surface area (Å²) in [4.78, 5) is 6.70. The van der Waals surface area contributed by atoms with Gasteiger partial charge in [-0.15, -0.1) is 0 Å². The molecule has 1 saturated heterocycles. The molecule has 7 nitrogen and oxygen atoms in total. The second-order valence-corrected chi connectivity index (χ2v) is 9.65. The van der Waals surface area contributed by atoms with Gasteiger partial charge in [0.05, 0.1) is 43.4 Å². The van der Waals surface area contributed by atoms with Crippen molar-refractivity contribution in [3.63, 3.8) is 0 Å². The molecule has 2 N–H and O–H groups in total. The number of hydrogen-bond acceptors (Lipinski definition) is 5. The van der Waals surface area contributed by atoms with Crippen LogP contribution in [0.5, 0.6) is 17.2 Å². The van der Waals surface area contributed by atoms with E-state index in [9.17, 15) is 5.11 Å². The zero-order valence-corrected chi connectivity index (χ0v) is 22.5. The minimum Gasteiger partial charge on any atom is -0.506 e. The third-order valence-electron chi connectivity index (χ3n) is 6.71. The van der Waals surface area contributed by atoms with Gasteiger partial charge in [-0.1, -0.05) is 17.7 Å². The van der Waals surface area contributed by atoms with E-state index in [1.165, 1.54) is 0 Å². The van der Waals surface area contributed by atoms with Crippen LogP contribution in [0.1, 0.15) is 34.7 Å². The van der Waals surface area contributed by atoms with Gasteiger partial charge in [0.1, 0.15) is 17.2 Å². The Morgan fingerprint density at radius 3 is 2.51 bits per heavy atom. The second-order valence-electron chi connectivity index (χ2n) is 8.83. The van der Waals surface area contributed by atoms with Crippen molar-refractivity contribution in [3.05, 3.63) is 94.5 Å². The Labute approximate surface area is 226 Å². The Morgan fingerprint density at radius 2 is 1.81 bits per heavy atom. The summed E-state index contributed by atoms with van der Waals surface area (Å²) in [5, 5.41) is 15.3. The molecule has 0 bridgehead atoms. The summed E-state index contributed by atoms with van der Waals surface area (Å²) in [6.45, 7) is 4.03. The highest BCUT2D eigenvalue weighted by Gasteiger charge is 2.43. The summed E-state index contributed by atoms with van der Waals surface area (Å²) in [6.07, 6.45) is 1.78. The number of anilines is 1. The highest BCUT2D eigenvalue weighted by atomic mass is 35.5. The molecular weight excluding hydrogens is 508 g/mol. The predicted molar refractivity (Wildman–Crippen MR) is 149 cm³/mol. The van der Waals surface area contributed by atoms with E-state index in [4.69, 9.17) is 33.3 Å². The Hall–Kier alpha value is -3.75. The zero-order chi connectivity index (χ0) is 26.3. The third-order valence-corrected chi connectivity index (χ3v) is 7.26. The maximum atomic E-state index is 10.7. The molecule has 1 aliphatic heterocycles. The first-order valence-corrected chi connectivity index (χ1v) is 12.5. The lowest BCUT2D eigenvalue weighted by Gasteiger charge is -2.29. The summed E-state index contributed by atoms with van der Waals surface area (Å²) < 4.78 is 13.3. The number of halogens is 1. The van der Waals surface area contributed by atoms with E-state index in [2.05, 4.69) is 21.3 Å². The van der Waals surface area contributed by atoms with Crippen LogP contribution in [-0.2, 0) is 0 Å². The molecule has 9 heteroatoms. The number of rotatable bonds is 6. The molecule has 0 saturated carbocycles. The molecule has 1 aliphatic rings. The molecule has 0 spiro atoms. The van der Waals surface area contributed by atoms with Crippen LogP contribution in [0.25, 0.3) is 5.69 Å². The number of nitrogens with one attached hydrogen (secondary N) is 1. The van der Waals surface area contributed by atoms with Crippen molar-refractivity contribution in [2.45, 2.75) is 25.9 Å². The number of phenolic OH excluding ortho intramolecular Hbond substituents is 1. The van der Waals surface area contributed by atoms with Crippen LogP contribution >= 0.6 is 23.8 Å². The van der Waals surface area contributed by atoms with Crippen molar-refractivity contribution in [1.82, 2.24) is 14.9 Å². The Morgan fingerprint density at radius 1 is 1.00 bits per heavy atom. The van der Waals surface area contributed by atoms with Gasteiger partial charge in [0.25, 0.3) is 0 Å². The standard InChI is InChI=1S/C28H27ClN4O3S/c1-16-13-20(17(2)32(16)22-14-18(29)8-10-24(22)34)27-26(21-7-5-6-12-30-21)31-28(37)33(27)23-15-19(35-3)9-11-25(23)36-4/h5-15,26-27,34H,1-4H3,(H,31,37)/t26-,27-/m1/s1. The topological polar surface area (TPSA) is 71.8 Å². The monoisotopic (exact) mass is 534 g/mol. The minimum atomic E-state index is -0.273. The molecule has 0 radical (unpaired) electrons. The summed E-state index contributed by atoms with van der Waals surface area (Å²) >= 11 is 12.2. The molecule has 2 aromatic heterocycles. The number of pyridine rings is 1.